The van der Waals surface area contributed by atoms with Crippen LogP contribution in [0.3, 0.4) is 0 Å². The molecule has 8 nitrogen and oxygen atoms in total. The molecular formula is C28H37N4O4+. The van der Waals surface area contributed by atoms with E-state index in [1.165, 1.54) is 0 Å². The van der Waals surface area contributed by atoms with E-state index in [0.29, 0.717) is 25.7 Å². The van der Waals surface area contributed by atoms with Gasteiger partial charge in [0.2, 0.25) is 11.8 Å². The van der Waals surface area contributed by atoms with Gasteiger partial charge in [-0.25, -0.2) is 0 Å². The quantitative estimate of drug-likeness (QED) is 0.440. The summed E-state index contributed by atoms with van der Waals surface area (Å²) in [5.74, 6) is -1.19. The van der Waals surface area contributed by atoms with Crippen molar-refractivity contribution in [3.63, 3.8) is 0 Å². The molecule has 2 aliphatic rings. The highest BCUT2D eigenvalue weighted by atomic mass is 16.3. The average molecular weight is 494 g/mol. The molecule has 2 saturated heterocycles. The summed E-state index contributed by atoms with van der Waals surface area (Å²) >= 11 is 0. The van der Waals surface area contributed by atoms with Crippen molar-refractivity contribution in [1.29, 1.82) is 0 Å². The van der Waals surface area contributed by atoms with Gasteiger partial charge in [-0.2, -0.15) is 0 Å². The van der Waals surface area contributed by atoms with Gasteiger partial charge < -0.3 is 26.4 Å². The maximum atomic E-state index is 13.8. The van der Waals surface area contributed by atoms with E-state index in [2.05, 4.69) is 16.4 Å². The fraction of sp³-hybridized carbons (Fsp3) is 0.464. The van der Waals surface area contributed by atoms with Crippen molar-refractivity contribution in [2.75, 3.05) is 6.61 Å². The molecule has 2 aromatic rings. The lowest BCUT2D eigenvalue weighted by atomic mass is 9.93. The lowest BCUT2D eigenvalue weighted by Crippen LogP contribution is -2.69. The number of rotatable bonds is 8. The highest BCUT2D eigenvalue weighted by molar-refractivity contribution is 5.94. The summed E-state index contributed by atoms with van der Waals surface area (Å²) in [5, 5.41) is 16.0. The van der Waals surface area contributed by atoms with Crippen molar-refractivity contribution in [3.8, 4) is 0 Å². The zero-order chi connectivity index (χ0) is 25.7. The molecule has 0 saturated carbocycles. The van der Waals surface area contributed by atoms with Crippen molar-refractivity contribution >= 4 is 17.7 Å². The first-order valence-electron chi connectivity index (χ1n) is 12.9. The van der Waals surface area contributed by atoms with E-state index in [-0.39, 0.29) is 42.3 Å². The number of amides is 3. The van der Waals surface area contributed by atoms with E-state index in [0.717, 1.165) is 17.5 Å². The van der Waals surface area contributed by atoms with Gasteiger partial charge in [-0.05, 0) is 36.8 Å². The predicted molar refractivity (Wildman–Crippen MR) is 135 cm³/mol. The van der Waals surface area contributed by atoms with Crippen LogP contribution in [0.15, 0.2) is 60.7 Å². The highest BCUT2D eigenvalue weighted by Gasteiger charge is 2.47. The van der Waals surface area contributed by atoms with Crippen molar-refractivity contribution in [2.24, 2.45) is 5.92 Å². The Kier molecular flexibility index (Phi) is 8.38. The monoisotopic (exact) mass is 493 g/mol. The van der Waals surface area contributed by atoms with Gasteiger partial charge in [0, 0.05) is 25.0 Å². The van der Waals surface area contributed by atoms with Gasteiger partial charge in [0.25, 0.3) is 5.91 Å². The Balaban J connectivity index is 1.58. The van der Waals surface area contributed by atoms with Gasteiger partial charge in [-0.15, -0.1) is 0 Å². The van der Waals surface area contributed by atoms with Crippen LogP contribution in [-0.4, -0.2) is 58.5 Å². The Morgan fingerprint density at radius 3 is 2.14 bits per heavy atom. The molecule has 0 bridgehead atoms. The zero-order valence-corrected chi connectivity index (χ0v) is 20.8. The van der Waals surface area contributed by atoms with E-state index in [9.17, 15) is 19.5 Å². The molecule has 36 heavy (non-hydrogen) atoms. The van der Waals surface area contributed by atoms with Crippen molar-refractivity contribution < 1.29 is 25.2 Å². The Labute approximate surface area is 212 Å². The van der Waals surface area contributed by atoms with Crippen LogP contribution in [0.2, 0.25) is 0 Å². The van der Waals surface area contributed by atoms with E-state index in [1.807, 2.05) is 67.6 Å². The second kappa shape index (κ2) is 11.7. The SMILES string of the molecule is CC[C@H]([NH3+])C(=O)N[C@@H]1C(=O)N2[C@@H](CC[C@@H]1CO)CC[C@H]2C(=O)NC(c1ccccc1)c1ccccc1. The molecule has 0 aromatic heterocycles. The van der Waals surface area contributed by atoms with Crippen LogP contribution in [-0.2, 0) is 14.4 Å². The minimum absolute atomic E-state index is 0.0853. The average Bonchev–Trinajstić information content (AvgIpc) is 3.30. The molecular weight excluding hydrogens is 456 g/mol. The molecule has 2 aliphatic heterocycles. The molecule has 3 amide bonds. The third-order valence-corrected chi connectivity index (χ3v) is 7.62. The van der Waals surface area contributed by atoms with Crippen LogP contribution in [0, 0.1) is 5.92 Å². The number of aliphatic hydroxyl groups is 1. The summed E-state index contributed by atoms with van der Waals surface area (Å²) in [6, 6.07) is 17.1. The number of carbonyl (C=O) groups is 3. The molecule has 0 spiro atoms. The minimum atomic E-state index is -0.865. The predicted octanol–water partition coefficient (Wildman–Crippen LogP) is 1.16. The third-order valence-electron chi connectivity index (χ3n) is 7.62. The normalized spacial score (nSPS) is 24.7. The van der Waals surface area contributed by atoms with Crippen LogP contribution in [0.4, 0.5) is 0 Å². The smallest absolute Gasteiger partial charge is 0.278 e. The summed E-state index contributed by atoms with van der Waals surface area (Å²) in [7, 11) is 0. The number of benzene rings is 2. The van der Waals surface area contributed by atoms with Crippen LogP contribution in [0.1, 0.15) is 56.2 Å². The van der Waals surface area contributed by atoms with E-state index >= 15 is 0 Å². The summed E-state index contributed by atoms with van der Waals surface area (Å²) in [4.78, 5) is 41.8. The molecule has 2 heterocycles. The van der Waals surface area contributed by atoms with E-state index < -0.39 is 18.1 Å². The summed E-state index contributed by atoms with van der Waals surface area (Å²) < 4.78 is 0. The molecule has 0 unspecified atom stereocenters. The van der Waals surface area contributed by atoms with Gasteiger partial charge in [0.1, 0.15) is 12.1 Å². The molecule has 0 aliphatic carbocycles. The maximum Gasteiger partial charge on any atom is 0.278 e. The third kappa shape index (κ3) is 5.44. The minimum Gasteiger partial charge on any atom is -0.396 e. The first kappa shape index (κ1) is 25.9. The van der Waals surface area contributed by atoms with Crippen LogP contribution < -0.4 is 16.4 Å². The fourth-order valence-corrected chi connectivity index (χ4v) is 5.41. The first-order chi connectivity index (χ1) is 17.4. The van der Waals surface area contributed by atoms with Crippen molar-refractivity contribution in [2.45, 2.75) is 69.2 Å². The molecule has 2 aromatic carbocycles. The number of fused-ring (bicyclic) bond motifs is 1. The number of nitrogens with one attached hydrogen (secondary N) is 2. The number of quaternary nitrogens is 1. The van der Waals surface area contributed by atoms with Crippen LogP contribution >= 0.6 is 0 Å². The summed E-state index contributed by atoms with van der Waals surface area (Å²) in [5.41, 5.74) is 5.77. The zero-order valence-electron chi connectivity index (χ0n) is 20.8. The van der Waals surface area contributed by atoms with Gasteiger partial charge in [0.15, 0.2) is 6.04 Å². The Morgan fingerprint density at radius 2 is 1.58 bits per heavy atom. The Morgan fingerprint density at radius 1 is 1.00 bits per heavy atom. The van der Waals surface area contributed by atoms with Gasteiger partial charge in [-0.1, -0.05) is 67.6 Å². The van der Waals surface area contributed by atoms with Gasteiger partial charge >= 0.3 is 0 Å². The molecule has 2 fully saturated rings. The number of nitrogens with zero attached hydrogens (tertiary/aromatic N) is 1. The lowest BCUT2D eigenvalue weighted by Gasteiger charge is -2.33. The van der Waals surface area contributed by atoms with E-state index in [4.69, 9.17) is 0 Å². The largest absolute Gasteiger partial charge is 0.396 e. The van der Waals surface area contributed by atoms with Crippen LogP contribution in [0.5, 0.6) is 0 Å². The molecule has 4 rings (SSSR count). The summed E-state index contributed by atoms with van der Waals surface area (Å²) in [6.07, 6.45) is 3.13. The molecule has 0 radical (unpaired) electrons. The highest BCUT2D eigenvalue weighted by Crippen LogP contribution is 2.34. The number of carbonyl (C=O) groups excluding carboxylic acids is 3. The maximum absolute atomic E-state index is 13.8. The first-order valence-corrected chi connectivity index (χ1v) is 12.9. The van der Waals surface area contributed by atoms with Gasteiger partial charge in [-0.3, -0.25) is 14.4 Å². The molecule has 6 N–H and O–H groups in total. The Bertz CT molecular complexity index is 1010. The lowest BCUT2D eigenvalue weighted by molar-refractivity contribution is -0.404. The number of hydrogen-bond acceptors (Lipinski definition) is 4. The number of aliphatic hydroxyl groups excluding tert-OH is 1. The van der Waals surface area contributed by atoms with Gasteiger partial charge in [0.05, 0.1) is 6.04 Å². The summed E-state index contributed by atoms with van der Waals surface area (Å²) in [6.45, 7) is 1.66. The molecule has 192 valence electrons. The second-order valence-electron chi connectivity index (χ2n) is 9.87. The number of hydrogen-bond donors (Lipinski definition) is 4. The molecule has 8 heteroatoms. The molecule has 5 atom stereocenters. The van der Waals surface area contributed by atoms with Crippen molar-refractivity contribution in [1.82, 2.24) is 15.5 Å². The topological polar surface area (TPSA) is 126 Å². The fourth-order valence-electron chi connectivity index (χ4n) is 5.41. The van der Waals surface area contributed by atoms with Crippen LogP contribution in [0.25, 0.3) is 0 Å². The Hall–Kier alpha value is -3.23. The standard InChI is InChI=1S/C28H36N4O4/c1-2-22(29)26(34)31-25-20(17-33)13-14-21-15-16-23(32(21)28(25)36)27(35)30-24(18-9-5-3-6-10-18)19-11-7-4-8-12-19/h3-12,20-25,33H,2,13-17,29H2,1H3,(H,30,35)(H,31,34)/p+1/t20-,21+,22+,23+,25+/m1/s1. The van der Waals surface area contributed by atoms with E-state index in [1.54, 1.807) is 4.90 Å². The second-order valence-corrected chi connectivity index (χ2v) is 9.87. The van der Waals surface area contributed by atoms with Crippen molar-refractivity contribution in [3.05, 3.63) is 71.8 Å².